The SMILES string of the molecule is CC1(C(=O)N2CCCc3cc(F)ccc32)Cc2ccccc2C(=O)O1. The lowest BCUT2D eigenvalue weighted by Gasteiger charge is -2.39. The van der Waals surface area contributed by atoms with Crippen LogP contribution in [-0.4, -0.2) is 24.0 Å². The number of ether oxygens (including phenoxy) is 1. The molecule has 0 saturated heterocycles. The van der Waals surface area contributed by atoms with Gasteiger partial charge in [-0.15, -0.1) is 0 Å². The van der Waals surface area contributed by atoms with E-state index in [0.29, 0.717) is 24.2 Å². The highest BCUT2D eigenvalue weighted by atomic mass is 19.1. The standard InChI is InChI=1S/C20H18FNO3/c1-20(12-14-5-2-3-7-16(14)18(23)25-20)19(24)22-10-4-6-13-11-15(21)8-9-17(13)22/h2-3,5,7-9,11H,4,6,10,12H2,1H3. The van der Waals surface area contributed by atoms with Crippen molar-refractivity contribution in [3.8, 4) is 0 Å². The molecule has 0 aliphatic carbocycles. The van der Waals surface area contributed by atoms with Crippen LogP contribution >= 0.6 is 0 Å². The molecule has 2 heterocycles. The molecule has 1 amide bonds. The molecule has 0 fully saturated rings. The van der Waals surface area contributed by atoms with E-state index in [4.69, 9.17) is 4.74 Å². The number of carbonyl (C=O) groups is 2. The summed E-state index contributed by atoms with van der Waals surface area (Å²) >= 11 is 0. The highest BCUT2D eigenvalue weighted by molar-refractivity contribution is 6.04. The van der Waals surface area contributed by atoms with Gasteiger partial charge in [0, 0.05) is 18.7 Å². The van der Waals surface area contributed by atoms with E-state index in [0.717, 1.165) is 24.0 Å². The number of nitrogens with zero attached hydrogens (tertiary/aromatic N) is 1. The number of carbonyl (C=O) groups excluding carboxylic acids is 2. The molecular formula is C20H18FNO3. The summed E-state index contributed by atoms with van der Waals surface area (Å²) in [5, 5.41) is 0. The Morgan fingerprint density at radius 3 is 2.84 bits per heavy atom. The zero-order valence-corrected chi connectivity index (χ0v) is 13.9. The predicted molar refractivity (Wildman–Crippen MR) is 91.0 cm³/mol. The van der Waals surface area contributed by atoms with Crippen molar-refractivity contribution < 1.29 is 18.7 Å². The maximum Gasteiger partial charge on any atom is 0.339 e. The van der Waals surface area contributed by atoms with Gasteiger partial charge < -0.3 is 9.64 Å². The Balaban J connectivity index is 1.70. The average molecular weight is 339 g/mol. The van der Waals surface area contributed by atoms with E-state index in [2.05, 4.69) is 0 Å². The van der Waals surface area contributed by atoms with E-state index in [-0.39, 0.29) is 11.7 Å². The summed E-state index contributed by atoms with van der Waals surface area (Å²) in [6, 6.07) is 11.6. The Bertz CT molecular complexity index is 879. The smallest absolute Gasteiger partial charge is 0.339 e. The summed E-state index contributed by atoms with van der Waals surface area (Å²) in [6.45, 7) is 2.19. The molecule has 0 spiro atoms. The molecule has 4 nitrogen and oxygen atoms in total. The van der Waals surface area contributed by atoms with E-state index >= 15 is 0 Å². The predicted octanol–water partition coefficient (Wildman–Crippen LogP) is 3.28. The molecule has 25 heavy (non-hydrogen) atoms. The van der Waals surface area contributed by atoms with Gasteiger partial charge in [-0.2, -0.15) is 0 Å². The van der Waals surface area contributed by atoms with Gasteiger partial charge in [0.25, 0.3) is 5.91 Å². The third-order valence-corrected chi connectivity index (χ3v) is 4.94. The van der Waals surface area contributed by atoms with Crippen LogP contribution in [0.4, 0.5) is 10.1 Å². The average Bonchev–Trinajstić information content (AvgIpc) is 2.60. The second-order valence-corrected chi connectivity index (χ2v) is 6.79. The van der Waals surface area contributed by atoms with Crippen molar-refractivity contribution in [3.05, 3.63) is 65.0 Å². The Morgan fingerprint density at radius 1 is 1.20 bits per heavy atom. The number of cyclic esters (lactones) is 1. The van der Waals surface area contributed by atoms with Crippen molar-refractivity contribution >= 4 is 17.6 Å². The first-order chi connectivity index (χ1) is 12.0. The van der Waals surface area contributed by atoms with Crippen LogP contribution in [-0.2, 0) is 22.4 Å². The number of aryl methyl sites for hydroxylation is 1. The van der Waals surface area contributed by atoms with Gasteiger partial charge in [0.1, 0.15) is 5.82 Å². The van der Waals surface area contributed by atoms with Gasteiger partial charge in [-0.1, -0.05) is 18.2 Å². The molecule has 128 valence electrons. The fourth-order valence-electron chi connectivity index (χ4n) is 3.71. The van der Waals surface area contributed by atoms with Crippen molar-refractivity contribution in [3.63, 3.8) is 0 Å². The van der Waals surface area contributed by atoms with E-state index in [1.165, 1.54) is 12.1 Å². The summed E-state index contributed by atoms with van der Waals surface area (Å²) < 4.78 is 19.0. The van der Waals surface area contributed by atoms with Crippen LogP contribution in [0.1, 0.15) is 34.8 Å². The first kappa shape index (κ1) is 15.8. The Labute approximate surface area is 145 Å². The van der Waals surface area contributed by atoms with Gasteiger partial charge in [0.2, 0.25) is 0 Å². The van der Waals surface area contributed by atoms with E-state index < -0.39 is 11.6 Å². The molecule has 2 aromatic rings. The molecule has 1 atom stereocenters. The van der Waals surface area contributed by atoms with Gasteiger partial charge in [0.15, 0.2) is 5.60 Å². The van der Waals surface area contributed by atoms with Crippen molar-refractivity contribution in [1.82, 2.24) is 0 Å². The van der Waals surface area contributed by atoms with Gasteiger partial charge in [-0.25, -0.2) is 9.18 Å². The third-order valence-electron chi connectivity index (χ3n) is 4.94. The maximum absolute atomic E-state index is 13.5. The quantitative estimate of drug-likeness (QED) is 0.749. The molecule has 0 saturated carbocycles. The number of amides is 1. The molecule has 2 aromatic carbocycles. The van der Waals surface area contributed by atoms with Crippen molar-refractivity contribution in [2.24, 2.45) is 0 Å². The van der Waals surface area contributed by atoms with Gasteiger partial charge in [0.05, 0.1) is 5.56 Å². The van der Waals surface area contributed by atoms with Gasteiger partial charge >= 0.3 is 5.97 Å². The van der Waals surface area contributed by atoms with Gasteiger partial charge in [-0.3, -0.25) is 4.79 Å². The lowest BCUT2D eigenvalue weighted by atomic mass is 9.88. The minimum Gasteiger partial charge on any atom is -0.445 e. The molecule has 5 heteroatoms. The van der Waals surface area contributed by atoms with Crippen LogP contribution in [0.15, 0.2) is 42.5 Å². The number of fused-ring (bicyclic) bond motifs is 2. The number of anilines is 1. The second kappa shape index (κ2) is 5.69. The molecule has 0 aromatic heterocycles. The zero-order chi connectivity index (χ0) is 17.6. The Morgan fingerprint density at radius 2 is 2.00 bits per heavy atom. The molecule has 1 unspecified atom stereocenters. The highest BCUT2D eigenvalue weighted by Gasteiger charge is 2.45. The molecule has 4 rings (SSSR count). The topological polar surface area (TPSA) is 46.6 Å². The van der Waals surface area contributed by atoms with Crippen LogP contribution in [0.2, 0.25) is 0 Å². The minimum atomic E-state index is -1.26. The van der Waals surface area contributed by atoms with Crippen LogP contribution < -0.4 is 4.90 Å². The van der Waals surface area contributed by atoms with Crippen LogP contribution in [0.25, 0.3) is 0 Å². The van der Waals surface area contributed by atoms with Crippen LogP contribution in [0.3, 0.4) is 0 Å². The molecule has 0 bridgehead atoms. The van der Waals surface area contributed by atoms with Crippen molar-refractivity contribution in [1.29, 1.82) is 0 Å². The number of hydrogen-bond donors (Lipinski definition) is 0. The second-order valence-electron chi connectivity index (χ2n) is 6.79. The summed E-state index contributed by atoms with van der Waals surface area (Å²) in [5.74, 6) is -1.05. The summed E-state index contributed by atoms with van der Waals surface area (Å²) in [4.78, 5) is 27.2. The Hall–Kier alpha value is -2.69. The number of halogens is 1. The van der Waals surface area contributed by atoms with Crippen LogP contribution in [0.5, 0.6) is 0 Å². The molecule has 0 radical (unpaired) electrons. The Kier molecular flexibility index (Phi) is 3.60. The number of rotatable bonds is 1. The van der Waals surface area contributed by atoms with E-state index in [1.807, 2.05) is 12.1 Å². The third kappa shape index (κ3) is 2.60. The first-order valence-corrected chi connectivity index (χ1v) is 8.39. The van der Waals surface area contributed by atoms with E-state index in [9.17, 15) is 14.0 Å². The minimum absolute atomic E-state index is 0.261. The zero-order valence-electron chi connectivity index (χ0n) is 13.9. The van der Waals surface area contributed by atoms with Crippen molar-refractivity contribution in [2.45, 2.75) is 31.8 Å². The van der Waals surface area contributed by atoms with Gasteiger partial charge in [-0.05, 0) is 55.2 Å². The monoisotopic (exact) mass is 339 g/mol. The summed E-state index contributed by atoms with van der Waals surface area (Å²) in [6.07, 6.45) is 1.82. The maximum atomic E-state index is 13.5. The van der Waals surface area contributed by atoms with Crippen molar-refractivity contribution in [2.75, 3.05) is 11.4 Å². The molecule has 2 aliphatic rings. The van der Waals surface area contributed by atoms with E-state index in [1.54, 1.807) is 30.0 Å². The lowest BCUT2D eigenvalue weighted by Crippen LogP contribution is -2.54. The number of benzene rings is 2. The molecule has 0 N–H and O–H groups in total. The lowest BCUT2D eigenvalue weighted by molar-refractivity contribution is -0.137. The summed E-state index contributed by atoms with van der Waals surface area (Å²) in [7, 11) is 0. The number of hydrogen-bond acceptors (Lipinski definition) is 3. The number of esters is 1. The summed E-state index contributed by atoms with van der Waals surface area (Å²) in [5.41, 5.74) is 1.58. The molecule has 2 aliphatic heterocycles. The van der Waals surface area contributed by atoms with Crippen LogP contribution in [0, 0.1) is 5.82 Å². The highest BCUT2D eigenvalue weighted by Crippen LogP contribution is 2.34. The normalized spacial score (nSPS) is 22.0. The first-order valence-electron chi connectivity index (χ1n) is 8.39. The largest absolute Gasteiger partial charge is 0.445 e. The fourth-order valence-corrected chi connectivity index (χ4v) is 3.71. The fraction of sp³-hybridized carbons (Fsp3) is 0.300. The molecular weight excluding hydrogens is 321 g/mol.